The molecule has 27 heavy (non-hydrogen) atoms. The second kappa shape index (κ2) is 8.71. The quantitative estimate of drug-likeness (QED) is 0.750. The van der Waals surface area contributed by atoms with Gasteiger partial charge in [0.05, 0.1) is 23.0 Å². The molecule has 0 radical (unpaired) electrons. The van der Waals surface area contributed by atoms with Crippen LogP contribution in [0.25, 0.3) is 0 Å². The molecule has 1 N–H and O–H groups in total. The van der Waals surface area contributed by atoms with Crippen molar-refractivity contribution < 1.29 is 17.6 Å². The fourth-order valence-corrected chi connectivity index (χ4v) is 4.57. The van der Waals surface area contributed by atoms with Crippen molar-refractivity contribution in [1.82, 2.24) is 10.2 Å². The first-order valence-corrected chi connectivity index (χ1v) is 10.9. The van der Waals surface area contributed by atoms with Gasteiger partial charge in [0.25, 0.3) is 0 Å². The van der Waals surface area contributed by atoms with Crippen LogP contribution in [0.2, 0.25) is 0 Å². The van der Waals surface area contributed by atoms with Crippen LogP contribution in [0.3, 0.4) is 0 Å². The summed E-state index contributed by atoms with van der Waals surface area (Å²) in [6.07, 6.45) is 3.86. The summed E-state index contributed by atoms with van der Waals surface area (Å²) in [4.78, 5) is 14.8. The van der Waals surface area contributed by atoms with Crippen LogP contribution < -0.4 is 5.32 Å². The maximum atomic E-state index is 12.4. The van der Waals surface area contributed by atoms with Gasteiger partial charge in [-0.15, -0.1) is 0 Å². The number of furan rings is 1. The minimum atomic E-state index is -3.46. The lowest BCUT2D eigenvalue weighted by molar-refractivity contribution is -0.121. The molecule has 0 aliphatic carbocycles. The van der Waals surface area contributed by atoms with Crippen molar-refractivity contribution >= 4 is 15.7 Å². The standard InChI is InChI=1S/C20H26N2O4S/c1-16-6-8-17(9-7-16)27(24,25)14-10-20(23)21-15-18(19-5-4-13-26-19)22-11-2-3-12-22/h4-9,13,18H,2-3,10-12,14-15H2,1H3,(H,21,23). The Bertz CT molecular complexity index is 839. The molecule has 1 amide bonds. The third-order valence-electron chi connectivity index (χ3n) is 4.92. The Morgan fingerprint density at radius 2 is 1.89 bits per heavy atom. The molecule has 146 valence electrons. The molecule has 0 bridgehead atoms. The van der Waals surface area contributed by atoms with Crippen LogP contribution in [0.1, 0.15) is 36.6 Å². The SMILES string of the molecule is Cc1ccc(S(=O)(=O)CCC(=O)NCC(c2ccco2)N2CCCC2)cc1. The maximum absolute atomic E-state index is 12.4. The first kappa shape index (κ1) is 19.6. The lowest BCUT2D eigenvalue weighted by Gasteiger charge is -2.26. The average molecular weight is 391 g/mol. The van der Waals surface area contributed by atoms with Gasteiger partial charge in [-0.05, 0) is 57.1 Å². The third-order valence-corrected chi connectivity index (χ3v) is 6.66. The van der Waals surface area contributed by atoms with E-state index in [4.69, 9.17) is 4.42 Å². The minimum Gasteiger partial charge on any atom is -0.468 e. The molecule has 6 nitrogen and oxygen atoms in total. The van der Waals surface area contributed by atoms with Gasteiger partial charge in [0.15, 0.2) is 9.84 Å². The van der Waals surface area contributed by atoms with Crippen molar-refractivity contribution in [1.29, 1.82) is 0 Å². The van der Waals surface area contributed by atoms with Gasteiger partial charge in [0, 0.05) is 13.0 Å². The van der Waals surface area contributed by atoms with Crippen molar-refractivity contribution in [2.75, 3.05) is 25.4 Å². The van der Waals surface area contributed by atoms with E-state index in [0.29, 0.717) is 6.54 Å². The van der Waals surface area contributed by atoms with Crippen LogP contribution in [0.15, 0.2) is 52.0 Å². The van der Waals surface area contributed by atoms with Crippen LogP contribution in [-0.4, -0.2) is 44.6 Å². The van der Waals surface area contributed by atoms with E-state index in [1.54, 1.807) is 30.5 Å². The molecule has 0 saturated carbocycles. The number of carbonyl (C=O) groups excluding carboxylic acids is 1. The van der Waals surface area contributed by atoms with Gasteiger partial charge in [-0.25, -0.2) is 8.42 Å². The van der Waals surface area contributed by atoms with Gasteiger partial charge < -0.3 is 9.73 Å². The summed E-state index contributed by atoms with van der Waals surface area (Å²) < 4.78 is 30.3. The molecule has 1 aromatic heterocycles. The van der Waals surface area contributed by atoms with E-state index in [1.165, 1.54) is 0 Å². The molecule has 2 heterocycles. The Morgan fingerprint density at radius 1 is 1.19 bits per heavy atom. The van der Waals surface area contributed by atoms with E-state index >= 15 is 0 Å². The molecule has 1 saturated heterocycles. The zero-order chi connectivity index (χ0) is 19.3. The second-order valence-electron chi connectivity index (χ2n) is 6.96. The maximum Gasteiger partial charge on any atom is 0.221 e. The van der Waals surface area contributed by atoms with E-state index < -0.39 is 9.84 Å². The molecule has 1 fully saturated rings. The third kappa shape index (κ3) is 5.20. The molecule has 3 rings (SSSR count). The Balaban J connectivity index is 1.54. The predicted octanol–water partition coefficient (Wildman–Crippen LogP) is 2.71. The lowest BCUT2D eigenvalue weighted by Crippen LogP contribution is -2.37. The number of hydrogen-bond acceptors (Lipinski definition) is 5. The van der Waals surface area contributed by atoms with Gasteiger partial charge in [-0.2, -0.15) is 0 Å². The highest BCUT2D eigenvalue weighted by molar-refractivity contribution is 7.91. The van der Waals surface area contributed by atoms with Gasteiger partial charge in [-0.3, -0.25) is 9.69 Å². The second-order valence-corrected chi connectivity index (χ2v) is 9.07. The van der Waals surface area contributed by atoms with Gasteiger partial charge >= 0.3 is 0 Å². The molecule has 2 aromatic rings. The Morgan fingerprint density at radius 3 is 2.52 bits per heavy atom. The first-order valence-electron chi connectivity index (χ1n) is 9.29. The fourth-order valence-electron chi connectivity index (χ4n) is 3.33. The summed E-state index contributed by atoms with van der Waals surface area (Å²) in [6.45, 7) is 4.27. The summed E-state index contributed by atoms with van der Waals surface area (Å²) in [5, 5.41) is 2.88. The highest BCUT2D eigenvalue weighted by Crippen LogP contribution is 2.25. The zero-order valence-electron chi connectivity index (χ0n) is 15.6. The number of aryl methyl sites for hydroxylation is 1. The molecule has 1 aliphatic heterocycles. The van der Waals surface area contributed by atoms with Crippen molar-refractivity contribution in [3.63, 3.8) is 0 Å². The number of hydrogen-bond donors (Lipinski definition) is 1. The van der Waals surface area contributed by atoms with Crippen LogP contribution >= 0.6 is 0 Å². The van der Waals surface area contributed by atoms with Crippen molar-refractivity contribution in [2.45, 2.75) is 37.1 Å². The van der Waals surface area contributed by atoms with E-state index in [2.05, 4.69) is 10.2 Å². The number of benzene rings is 1. The number of nitrogens with zero attached hydrogens (tertiary/aromatic N) is 1. The molecule has 1 aromatic carbocycles. The highest BCUT2D eigenvalue weighted by atomic mass is 32.2. The zero-order valence-corrected chi connectivity index (χ0v) is 16.4. The molecule has 1 unspecified atom stereocenters. The highest BCUT2D eigenvalue weighted by Gasteiger charge is 2.26. The Hall–Kier alpha value is -2.12. The molecule has 0 spiro atoms. The smallest absolute Gasteiger partial charge is 0.221 e. The molecular weight excluding hydrogens is 364 g/mol. The summed E-state index contributed by atoms with van der Waals surface area (Å²) in [5.74, 6) is 0.364. The number of rotatable bonds is 8. The number of carbonyl (C=O) groups is 1. The molecule has 1 aliphatic rings. The Labute approximate surface area is 160 Å². The first-order chi connectivity index (χ1) is 13.0. The van der Waals surface area contributed by atoms with E-state index in [-0.39, 0.29) is 29.0 Å². The normalized spacial score (nSPS) is 16.3. The Kier molecular flexibility index (Phi) is 6.34. The van der Waals surface area contributed by atoms with Crippen LogP contribution in [-0.2, 0) is 14.6 Å². The summed E-state index contributed by atoms with van der Waals surface area (Å²) in [7, 11) is -3.46. The summed E-state index contributed by atoms with van der Waals surface area (Å²) in [6, 6.07) is 10.4. The molecular formula is C20H26N2O4S. The fraction of sp³-hybridized carbons (Fsp3) is 0.450. The van der Waals surface area contributed by atoms with Crippen molar-refractivity contribution in [2.24, 2.45) is 0 Å². The summed E-state index contributed by atoms with van der Waals surface area (Å²) in [5.41, 5.74) is 0.998. The van der Waals surface area contributed by atoms with Crippen LogP contribution in [0.4, 0.5) is 0 Å². The van der Waals surface area contributed by atoms with Gasteiger partial charge in [0.2, 0.25) is 5.91 Å². The lowest BCUT2D eigenvalue weighted by atomic mass is 10.2. The number of amides is 1. The van der Waals surface area contributed by atoms with E-state index in [9.17, 15) is 13.2 Å². The number of likely N-dealkylation sites (tertiary alicyclic amines) is 1. The van der Waals surface area contributed by atoms with Crippen LogP contribution in [0, 0.1) is 6.92 Å². The van der Waals surface area contributed by atoms with E-state index in [1.807, 2.05) is 19.1 Å². The number of sulfone groups is 1. The average Bonchev–Trinajstić information content (AvgIpc) is 3.35. The monoisotopic (exact) mass is 390 g/mol. The minimum absolute atomic E-state index is 0.0137. The van der Waals surface area contributed by atoms with E-state index in [0.717, 1.165) is 37.3 Å². The van der Waals surface area contributed by atoms with Crippen molar-refractivity contribution in [3.05, 3.63) is 54.0 Å². The molecule has 1 atom stereocenters. The predicted molar refractivity (Wildman–Crippen MR) is 103 cm³/mol. The number of nitrogens with one attached hydrogen (secondary N) is 1. The summed E-state index contributed by atoms with van der Waals surface area (Å²) >= 11 is 0. The largest absolute Gasteiger partial charge is 0.468 e. The molecule has 7 heteroatoms. The van der Waals surface area contributed by atoms with Gasteiger partial charge in [0.1, 0.15) is 5.76 Å². The topological polar surface area (TPSA) is 79.6 Å². The van der Waals surface area contributed by atoms with Gasteiger partial charge in [-0.1, -0.05) is 17.7 Å². The van der Waals surface area contributed by atoms with Crippen LogP contribution in [0.5, 0.6) is 0 Å². The van der Waals surface area contributed by atoms with Crippen molar-refractivity contribution in [3.8, 4) is 0 Å².